The van der Waals surface area contributed by atoms with Gasteiger partial charge in [0, 0.05) is 12.8 Å². The Bertz CT molecular complexity index is 506. The van der Waals surface area contributed by atoms with Crippen LogP contribution in [0.4, 0.5) is 4.79 Å². The summed E-state index contributed by atoms with van der Waals surface area (Å²) in [5.74, 6) is -0.221. The molecule has 23 heavy (non-hydrogen) atoms. The number of carbonyl (C=O) groups excluding carboxylic acids is 2. The highest BCUT2D eigenvalue weighted by atomic mass is 16.6. The van der Waals surface area contributed by atoms with Gasteiger partial charge < -0.3 is 14.2 Å². The molecule has 0 aromatic rings. The van der Waals surface area contributed by atoms with Crippen LogP contribution < -0.4 is 0 Å². The first-order chi connectivity index (χ1) is 10.5. The maximum absolute atomic E-state index is 12.6. The van der Waals surface area contributed by atoms with Crippen molar-refractivity contribution in [1.29, 1.82) is 0 Å². The molecular formula is C17H27NO5. The Kier molecular flexibility index (Phi) is 4.76. The van der Waals surface area contributed by atoms with E-state index < -0.39 is 11.3 Å². The van der Waals surface area contributed by atoms with Crippen LogP contribution in [0, 0.1) is 5.92 Å². The van der Waals surface area contributed by atoms with Crippen molar-refractivity contribution in [3.63, 3.8) is 0 Å². The van der Waals surface area contributed by atoms with E-state index in [9.17, 15) is 9.59 Å². The lowest BCUT2D eigenvalue weighted by molar-refractivity contribution is -0.144. The van der Waals surface area contributed by atoms with Crippen LogP contribution in [-0.4, -0.2) is 47.0 Å². The molecule has 3 atom stereocenters. The number of rotatable bonds is 2. The molecule has 0 unspecified atom stereocenters. The molecule has 130 valence electrons. The largest absolute Gasteiger partial charge is 0.458 e. The quantitative estimate of drug-likeness (QED) is 0.577. The van der Waals surface area contributed by atoms with Crippen LogP contribution in [0.5, 0.6) is 0 Å². The molecule has 0 spiro atoms. The molecular weight excluding hydrogens is 298 g/mol. The second-order valence-electron chi connectivity index (χ2n) is 7.61. The highest BCUT2D eigenvalue weighted by Crippen LogP contribution is 2.37. The number of hydrogen-bond donors (Lipinski definition) is 0. The van der Waals surface area contributed by atoms with Crippen molar-refractivity contribution in [3.8, 4) is 0 Å². The van der Waals surface area contributed by atoms with E-state index in [1.165, 1.54) is 6.92 Å². The van der Waals surface area contributed by atoms with Gasteiger partial charge in [-0.25, -0.2) is 4.79 Å². The van der Waals surface area contributed by atoms with Crippen LogP contribution >= 0.6 is 0 Å². The lowest BCUT2D eigenvalue weighted by Gasteiger charge is -2.36. The molecule has 1 aliphatic heterocycles. The van der Waals surface area contributed by atoms with Crippen molar-refractivity contribution in [3.05, 3.63) is 12.2 Å². The van der Waals surface area contributed by atoms with E-state index in [2.05, 4.69) is 0 Å². The van der Waals surface area contributed by atoms with Crippen molar-refractivity contribution in [1.82, 2.24) is 4.90 Å². The Hall–Kier alpha value is -1.56. The highest BCUT2D eigenvalue weighted by molar-refractivity contribution is 5.70. The lowest BCUT2D eigenvalue weighted by Crippen LogP contribution is -2.51. The molecule has 1 aliphatic carbocycles. The molecule has 6 heteroatoms. The summed E-state index contributed by atoms with van der Waals surface area (Å²) < 4.78 is 16.6. The molecule has 0 aromatic carbocycles. The molecule has 2 aliphatic rings. The summed E-state index contributed by atoms with van der Waals surface area (Å²) >= 11 is 0. The summed E-state index contributed by atoms with van der Waals surface area (Å²) in [4.78, 5) is 25.4. The van der Waals surface area contributed by atoms with Crippen molar-refractivity contribution in [2.24, 2.45) is 5.92 Å². The summed E-state index contributed by atoms with van der Waals surface area (Å²) in [5.41, 5.74) is -1.29. The fraction of sp³-hybridized carbons (Fsp3) is 0.765. The maximum atomic E-state index is 12.6. The minimum absolute atomic E-state index is 0.0774. The van der Waals surface area contributed by atoms with Gasteiger partial charge in [0.1, 0.15) is 17.4 Å². The Balaban J connectivity index is 2.11. The monoisotopic (exact) mass is 325 g/mol. The van der Waals surface area contributed by atoms with E-state index in [1.54, 1.807) is 4.90 Å². The number of ether oxygens (including phenoxy) is 3. The number of hydrogen-bond acceptors (Lipinski definition) is 5. The topological polar surface area (TPSA) is 65.1 Å². The van der Waals surface area contributed by atoms with Crippen molar-refractivity contribution in [2.45, 2.75) is 71.4 Å². The fourth-order valence-corrected chi connectivity index (χ4v) is 3.09. The molecule has 6 nitrogen and oxygen atoms in total. The van der Waals surface area contributed by atoms with E-state index in [0.717, 1.165) is 0 Å². The summed E-state index contributed by atoms with van der Waals surface area (Å²) in [6.07, 6.45) is 3.92. The molecule has 1 saturated heterocycles. The molecule has 0 saturated carbocycles. The first-order valence-corrected chi connectivity index (χ1v) is 8.01. The van der Waals surface area contributed by atoms with Gasteiger partial charge in [-0.1, -0.05) is 6.08 Å². The molecule has 1 fully saturated rings. The first-order valence-electron chi connectivity index (χ1n) is 8.01. The van der Waals surface area contributed by atoms with Gasteiger partial charge in [0.05, 0.1) is 12.6 Å². The Labute approximate surface area is 137 Å². The van der Waals surface area contributed by atoms with Gasteiger partial charge in [-0.05, 0) is 47.1 Å². The number of esters is 1. The van der Waals surface area contributed by atoms with E-state index >= 15 is 0 Å². The Morgan fingerprint density at radius 2 is 1.91 bits per heavy atom. The van der Waals surface area contributed by atoms with E-state index in [-0.39, 0.29) is 30.1 Å². The zero-order valence-electron chi connectivity index (χ0n) is 14.8. The van der Waals surface area contributed by atoms with E-state index in [1.807, 2.05) is 46.8 Å². The SMILES string of the molecule is CC(=O)O[C@@H]1C=C[C@H]([C@@H]2COC(C)(C)N2C(=O)OC(C)(C)C)C1. The summed E-state index contributed by atoms with van der Waals surface area (Å²) in [5, 5.41) is 0. The smallest absolute Gasteiger partial charge is 0.412 e. The van der Waals surface area contributed by atoms with Gasteiger partial charge in [0.2, 0.25) is 0 Å². The molecule has 1 heterocycles. The van der Waals surface area contributed by atoms with Gasteiger partial charge in [-0.15, -0.1) is 0 Å². The second kappa shape index (κ2) is 6.15. The average Bonchev–Trinajstić information content (AvgIpc) is 2.89. The van der Waals surface area contributed by atoms with E-state index in [4.69, 9.17) is 14.2 Å². The van der Waals surface area contributed by atoms with Crippen molar-refractivity contribution in [2.75, 3.05) is 6.61 Å². The third-order valence-electron chi connectivity index (χ3n) is 4.00. The standard InChI is InChI=1S/C17H27NO5/c1-11(19)22-13-8-7-12(9-13)14-10-21-17(5,6)18(14)15(20)23-16(2,3)4/h7-8,12-14H,9-10H2,1-6H3/t12-,13+,14-/m0/s1. The van der Waals surface area contributed by atoms with Crippen LogP contribution in [0.25, 0.3) is 0 Å². The normalized spacial score (nSPS) is 29.7. The summed E-state index contributed by atoms with van der Waals surface area (Å²) in [6, 6.07) is -0.128. The predicted molar refractivity (Wildman–Crippen MR) is 84.7 cm³/mol. The second-order valence-corrected chi connectivity index (χ2v) is 7.61. The van der Waals surface area contributed by atoms with Crippen molar-refractivity contribution >= 4 is 12.1 Å². The fourth-order valence-electron chi connectivity index (χ4n) is 3.09. The summed E-state index contributed by atoms with van der Waals surface area (Å²) in [7, 11) is 0. The maximum Gasteiger partial charge on any atom is 0.412 e. The Morgan fingerprint density at radius 1 is 1.26 bits per heavy atom. The van der Waals surface area contributed by atoms with Crippen molar-refractivity contribution < 1.29 is 23.8 Å². The number of carbonyl (C=O) groups is 2. The Morgan fingerprint density at radius 3 is 2.48 bits per heavy atom. The van der Waals surface area contributed by atoms with Gasteiger partial charge in [0.25, 0.3) is 0 Å². The number of amides is 1. The first kappa shape index (κ1) is 17.8. The zero-order chi connectivity index (χ0) is 17.4. The van der Waals surface area contributed by atoms with Crippen LogP contribution in [0.3, 0.4) is 0 Å². The average molecular weight is 325 g/mol. The third-order valence-corrected chi connectivity index (χ3v) is 4.00. The van der Waals surface area contributed by atoms with Gasteiger partial charge in [0.15, 0.2) is 0 Å². The van der Waals surface area contributed by atoms with Gasteiger partial charge in [-0.2, -0.15) is 0 Å². The molecule has 1 amide bonds. The molecule has 0 aromatic heterocycles. The minimum atomic E-state index is -0.722. The third kappa shape index (κ3) is 4.25. The molecule has 0 bridgehead atoms. The van der Waals surface area contributed by atoms with E-state index in [0.29, 0.717) is 13.0 Å². The van der Waals surface area contributed by atoms with Crippen LogP contribution in [0.2, 0.25) is 0 Å². The van der Waals surface area contributed by atoms with Crippen LogP contribution in [-0.2, 0) is 19.0 Å². The highest BCUT2D eigenvalue weighted by Gasteiger charge is 2.49. The zero-order valence-corrected chi connectivity index (χ0v) is 14.8. The molecule has 0 radical (unpaired) electrons. The summed E-state index contributed by atoms with van der Waals surface area (Å²) in [6.45, 7) is 11.1. The predicted octanol–water partition coefficient (Wildman–Crippen LogP) is 2.87. The van der Waals surface area contributed by atoms with Gasteiger partial charge in [-0.3, -0.25) is 9.69 Å². The van der Waals surface area contributed by atoms with Crippen LogP contribution in [0.15, 0.2) is 12.2 Å². The van der Waals surface area contributed by atoms with Crippen LogP contribution in [0.1, 0.15) is 48.0 Å². The minimum Gasteiger partial charge on any atom is -0.458 e. The number of nitrogens with zero attached hydrogens (tertiary/aromatic N) is 1. The van der Waals surface area contributed by atoms with Gasteiger partial charge >= 0.3 is 12.1 Å². The molecule has 2 rings (SSSR count). The lowest BCUT2D eigenvalue weighted by atomic mass is 9.98. The molecule has 0 N–H and O–H groups in total.